The summed E-state index contributed by atoms with van der Waals surface area (Å²) in [5.74, 6) is 0.268. The van der Waals surface area contributed by atoms with Gasteiger partial charge in [-0.25, -0.2) is 0 Å². The van der Waals surface area contributed by atoms with Crippen LogP contribution in [0.25, 0.3) is 10.9 Å². The lowest BCUT2D eigenvalue weighted by atomic mass is 10.2. The normalized spacial score (nSPS) is 15.3. The third-order valence-electron chi connectivity index (χ3n) is 4.91. The van der Waals surface area contributed by atoms with Crippen LogP contribution in [0.3, 0.4) is 0 Å². The van der Waals surface area contributed by atoms with Crippen molar-refractivity contribution in [2.75, 3.05) is 39.3 Å². The van der Waals surface area contributed by atoms with E-state index in [4.69, 9.17) is 0 Å². The van der Waals surface area contributed by atoms with Crippen LogP contribution < -0.4 is 5.32 Å². The molecule has 0 saturated carbocycles. The van der Waals surface area contributed by atoms with Crippen LogP contribution in [-0.4, -0.2) is 65.4 Å². The van der Waals surface area contributed by atoms with E-state index in [0.717, 1.165) is 26.1 Å². The first-order valence-corrected chi connectivity index (χ1v) is 9.48. The van der Waals surface area contributed by atoms with Gasteiger partial charge in [0.15, 0.2) is 0 Å². The molecule has 1 saturated heterocycles. The Hall–Kier alpha value is -2.34. The van der Waals surface area contributed by atoms with Crippen molar-refractivity contribution in [3.8, 4) is 0 Å². The van der Waals surface area contributed by atoms with E-state index < -0.39 is 0 Å². The molecule has 6 nitrogen and oxygen atoms in total. The van der Waals surface area contributed by atoms with E-state index in [2.05, 4.69) is 33.0 Å². The lowest BCUT2D eigenvalue weighted by Crippen LogP contribution is -2.51. The molecule has 1 N–H and O–H groups in total. The van der Waals surface area contributed by atoms with Crippen LogP contribution in [0.4, 0.5) is 0 Å². The van der Waals surface area contributed by atoms with Gasteiger partial charge in [-0.3, -0.25) is 14.5 Å². The third-order valence-corrected chi connectivity index (χ3v) is 4.91. The zero-order valence-electron chi connectivity index (χ0n) is 15.5. The summed E-state index contributed by atoms with van der Waals surface area (Å²) in [5, 5.41) is 4.10. The van der Waals surface area contributed by atoms with Gasteiger partial charge in [0, 0.05) is 57.4 Å². The Morgan fingerprint density at radius 2 is 1.85 bits per heavy atom. The number of hydrogen-bond donors (Lipinski definition) is 1. The second kappa shape index (κ2) is 8.85. The third kappa shape index (κ3) is 4.64. The maximum absolute atomic E-state index is 12.5. The lowest BCUT2D eigenvalue weighted by Gasteiger charge is -2.34. The number of piperazine rings is 1. The predicted molar refractivity (Wildman–Crippen MR) is 103 cm³/mol. The van der Waals surface area contributed by atoms with Crippen molar-refractivity contribution in [3.63, 3.8) is 0 Å². The molecule has 6 heteroatoms. The Labute approximate surface area is 154 Å². The van der Waals surface area contributed by atoms with E-state index in [9.17, 15) is 9.59 Å². The number of fused-ring (bicyclic) bond motifs is 1. The second-order valence-electron chi connectivity index (χ2n) is 6.82. The fraction of sp³-hybridized carbons (Fsp3) is 0.500. The van der Waals surface area contributed by atoms with Crippen LogP contribution in [0.5, 0.6) is 0 Å². The monoisotopic (exact) mass is 356 g/mol. The molecular formula is C20H28N4O2. The van der Waals surface area contributed by atoms with Gasteiger partial charge in [0.05, 0.1) is 6.54 Å². The van der Waals surface area contributed by atoms with Gasteiger partial charge in [0.1, 0.15) is 0 Å². The molecule has 0 radical (unpaired) electrons. The molecule has 2 heterocycles. The highest BCUT2D eigenvalue weighted by Gasteiger charge is 2.22. The highest BCUT2D eigenvalue weighted by molar-refractivity contribution is 5.81. The standard InChI is InChI=1S/C20H28N4O2/c1-2-9-21-19(25)16-22-12-14-24(15-13-22)20(26)8-11-23-10-7-17-5-3-4-6-18(17)23/h3-7,10H,2,8-9,11-16H2,1H3,(H,21,25). The Morgan fingerprint density at radius 1 is 1.08 bits per heavy atom. The highest BCUT2D eigenvalue weighted by atomic mass is 16.2. The van der Waals surface area contributed by atoms with Gasteiger partial charge >= 0.3 is 0 Å². The molecule has 1 aromatic carbocycles. The van der Waals surface area contributed by atoms with E-state index in [1.165, 1.54) is 10.9 Å². The summed E-state index contributed by atoms with van der Waals surface area (Å²) < 4.78 is 2.14. The summed E-state index contributed by atoms with van der Waals surface area (Å²) in [5.41, 5.74) is 1.17. The molecule has 2 amide bonds. The minimum atomic E-state index is 0.0751. The summed E-state index contributed by atoms with van der Waals surface area (Å²) in [6.07, 6.45) is 3.51. The van der Waals surface area contributed by atoms with Gasteiger partial charge in [-0.05, 0) is 23.9 Å². The maximum atomic E-state index is 12.5. The number of para-hydroxylation sites is 1. The van der Waals surface area contributed by atoms with Crippen LogP contribution in [0.15, 0.2) is 36.5 Å². The number of rotatable bonds is 7. The SMILES string of the molecule is CCCNC(=O)CN1CCN(C(=O)CCn2ccc3ccccc32)CC1. The molecule has 1 aliphatic heterocycles. The number of amides is 2. The summed E-state index contributed by atoms with van der Waals surface area (Å²) in [6, 6.07) is 10.3. The first-order chi connectivity index (χ1) is 12.7. The van der Waals surface area contributed by atoms with Gasteiger partial charge in [-0.2, -0.15) is 0 Å². The average molecular weight is 356 g/mol. The van der Waals surface area contributed by atoms with Crippen LogP contribution in [0.2, 0.25) is 0 Å². The van der Waals surface area contributed by atoms with E-state index in [-0.39, 0.29) is 11.8 Å². The molecule has 0 unspecified atom stereocenters. The van der Waals surface area contributed by atoms with Crippen molar-refractivity contribution < 1.29 is 9.59 Å². The number of aromatic nitrogens is 1. The van der Waals surface area contributed by atoms with E-state index in [1.54, 1.807) is 0 Å². The van der Waals surface area contributed by atoms with Crippen molar-refractivity contribution in [2.24, 2.45) is 0 Å². The average Bonchev–Trinajstić information content (AvgIpc) is 3.08. The molecule has 1 aromatic heterocycles. The number of hydrogen-bond acceptors (Lipinski definition) is 3. The zero-order chi connectivity index (χ0) is 18.4. The molecule has 26 heavy (non-hydrogen) atoms. The molecule has 0 bridgehead atoms. The zero-order valence-corrected chi connectivity index (χ0v) is 15.5. The Kier molecular flexibility index (Phi) is 6.28. The minimum absolute atomic E-state index is 0.0751. The van der Waals surface area contributed by atoms with Crippen LogP contribution in [0, 0.1) is 0 Å². The van der Waals surface area contributed by atoms with E-state index in [0.29, 0.717) is 32.6 Å². The first-order valence-electron chi connectivity index (χ1n) is 9.48. The quantitative estimate of drug-likeness (QED) is 0.822. The fourth-order valence-corrected chi connectivity index (χ4v) is 3.39. The number of nitrogens with zero attached hydrogens (tertiary/aromatic N) is 3. The minimum Gasteiger partial charge on any atom is -0.355 e. The number of carbonyl (C=O) groups excluding carboxylic acids is 2. The maximum Gasteiger partial charge on any atom is 0.234 e. The Morgan fingerprint density at radius 3 is 2.62 bits per heavy atom. The predicted octanol–water partition coefficient (Wildman–Crippen LogP) is 1.70. The molecule has 140 valence electrons. The highest BCUT2D eigenvalue weighted by Crippen LogP contribution is 2.15. The fourth-order valence-electron chi connectivity index (χ4n) is 3.39. The molecule has 3 rings (SSSR count). The lowest BCUT2D eigenvalue weighted by molar-refractivity contribution is -0.133. The van der Waals surface area contributed by atoms with Gasteiger partial charge in [0.2, 0.25) is 11.8 Å². The van der Waals surface area contributed by atoms with E-state index in [1.807, 2.05) is 30.2 Å². The molecule has 2 aromatic rings. The first kappa shape index (κ1) is 18.5. The van der Waals surface area contributed by atoms with Crippen molar-refractivity contribution in [3.05, 3.63) is 36.5 Å². The number of nitrogens with one attached hydrogen (secondary N) is 1. The topological polar surface area (TPSA) is 57.6 Å². The smallest absolute Gasteiger partial charge is 0.234 e. The van der Waals surface area contributed by atoms with Crippen molar-refractivity contribution in [1.29, 1.82) is 0 Å². The largest absolute Gasteiger partial charge is 0.355 e. The van der Waals surface area contributed by atoms with Gasteiger partial charge in [-0.1, -0.05) is 25.1 Å². The van der Waals surface area contributed by atoms with Crippen LogP contribution in [-0.2, 0) is 16.1 Å². The molecule has 0 atom stereocenters. The molecule has 1 fully saturated rings. The van der Waals surface area contributed by atoms with Gasteiger partial charge in [-0.15, -0.1) is 0 Å². The summed E-state index contributed by atoms with van der Waals surface area (Å²) in [4.78, 5) is 28.3. The molecular weight excluding hydrogens is 328 g/mol. The molecule has 0 aliphatic carbocycles. The van der Waals surface area contributed by atoms with Crippen molar-refractivity contribution >= 4 is 22.7 Å². The van der Waals surface area contributed by atoms with Crippen molar-refractivity contribution in [2.45, 2.75) is 26.3 Å². The number of benzene rings is 1. The van der Waals surface area contributed by atoms with Crippen LogP contribution in [0.1, 0.15) is 19.8 Å². The number of carbonyl (C=O) groups is 2. The number of aryl methyl sites for hydroxylation is 1. The summed E-state index contributed by atoms with van der Waals surface area (Å²) in [7, 11) is 0. The summed E-state index contributed by atoms with van der Waals surface area (Å²) in [6.45, 7) is 6.82. The van der Waals surface area contributed by atoms with E-state index >= 15 is 0 Å². The van der Waals surface area contributed by atoms with Crippen LogP contribution >= 0.6 is 0 Å². The van der Waals surface area contributed by atoms with Gasteiger partial charge < -0.3 is 14.8 Å². The van der Waals surface area contributed by atoms with Gasteiger partial charge in [0.25, 0.3) is 0 Å². The van der Waals surface area contributed by atoms with Crippen molar-refractivity contribution in [1.82, 2.24) is 19.7 Å². The molecule has 1 aliphatic rings. The Bertz CT molecular complexity index is 747. The summed E-state index contributed by atoms with van der Waals surface area (Å²) >= 11 is 0. The Balaban J connectivity index is 1.43. The second-order valence-corrected chi connectivity index (χ2v) is 6.82. The molecule has 0 spiro atoms.